The number of hydrogen-bond acceptors (Lipinski definition) is 2. The summed E-state index contributed by atoms with van der Waals surface area (Å²) in [4.78, 5) is 12.7. The molecule has 0 aromatic rings. The molecule has 0 radical (unpaired) electrons. The van der Waals surface area contributed by atoms with Gasteiger partial charge in [0.25, 0.3) is 0 Å². The van der Waals surface area contributed by atoms with Crippen LogP contribution in [0.1, 0.15) is 65.7 Å². The summed E-state index contributed by atoms with van der Waals surface area (Å²) in [6, 6.07) is 0. The molecule has 0 unspecified atom stereocenters. The van der Waals surface area contributed by atoms with Gasteiger partial charge in [-0.1, -0.05) is 24.3 Å². The molecule has 0 aromatic heterocycles. The second kappa shape index (κ2) is 5.96. The summed E-state index contributed by atoms with van der Waals surface area (Å²) in [5.41, 5.74) is 0.458. The van der Waals surface area contributed by atoms with E-state index in [1.165, 1.54) is 25.7 Å². The Kier molecular flexibility index (Phi) is 4.45. The maximum atomic E-state index is 12.7. The summed E-state index contributed by atoms with van der Waals surface area (Å²) >= 11 is 0. The number of rotatable bonds is 1. The monoisotopic (exact) mass is 366 g/mol. The van der Waals surface area contributed by atoms with Gasteiger partial charge < -0.3 is 5.11 Å². The van der Waals surface area contributed by atoms with Crippen LogP contribution in [0.25, 0.3) is 0 Å². The molecular weight excluding hydrogens is 327 g/mol. The lowest BCUT2D eigenvalue weighted by atomic mass is 9.14. The summed E-state index contributed by atoms with van der Waals surface area (Å²) in [6.07, 6.45) is 8.00. The van der Waals surface area contributed by atoms with Crippen molar-refractivity contribution in [2.75, 3.05) is 0 Å². The predicted molar refractivity (Wildman–Crippen MR) is 122 cm³/mol. The van der Waals surface area contributed by atoms with Crippen LogP contribution >= 0.6 is 0 Å². The molecule has 4 rings (SSSR count). The molecule has 0 bridgehead atoms. The van der Waals surface area contributed by atoms with Gasteiger partial charge >= 0.3 is 0 Å². The number of fused-ring (bicyclic) bond motifs is 5. The van der Waals surface area contributed by atoms with Crippen molar-refractivity contribution >= 4 is 37.2 Å². The lowest BCUT2D eigenvalue weighted by molar-refractivity contribution is -0.146. The fourth-order valence-corrected chi connectivity index (χ4v) is 9.57. The smallest absolute Gasteiger partial charge is 0.133 e. The highest BCUT2D eigenvalue weighted by atomic mass is 16.3. The van der Waals surface area contributed by atoms with Crippen LogP contribution in [0.3, 0.4) is 0 Å². The first-order valence-corrected chi connectivity index (χ1v) is 11.6. The molecule has 4 saturated carbocycles. The Labute approximate surface area is 170 Å². The van der Waals surface area contributed by atoms with Crippen LogP contribution in [0.4, 0.5) is 0 Å². The molecule has 8 atom stereocenters. The fraction of sp³-hybridized carbons (Fsp3) is 0.952. The first-order chi connectivity index (χ1) is 12.4. The van der Waals surface area contributed by atoms with E-state index >= 15 is 0 Å². The Balaban J connectivity index is 1.84. The summed E-state index contributed by atoms with van der Waals surface area (Å²) in [6.45, 7) is 6.89. The molecule has 0 saturated heterocycles. The number of ketones is 1. The lowest BCUT2D eigenvalue weighted by Crippen LogP contribution is -2.66. The Bertz CT molecular complexity index is 650. The first-order valence-electron chi connectivity index (χ1n) is 11.6. The van der Waals surface area contributed by atoms with Crippen molar-refractivity contribution < 1.29 is 9.90 Å². The van der Waals surface area contributed by atoms with Gasteiger partial charge in [-0.15, -0.1) is 0 Å². The average molecular weight is 366 g/mol. The van der Waals surface area contributed by atoms with Crippen LogP contribution in [-0.4, -0.2) is 48.4 Å². The van der Waals surface area contributed by atoms with E-state index in [9.17, 15) is 9.90 Å². The van der Waals surface area contributed by atoms with Gasteiger partial charge in [0.1, 0.15) is 5.78 Å². The summed E-state index contributed by atoms with van der Waals surface area (Å²) in [5.74, 6) is 3.46. The number of Topliss-reactive ketones (excluding diaryl/α,β-unsaturated/α-hetero) is 1. The van der Waals surface area contributed by atoms with Crippen molar-refractivity contribution in [2.45, 2.75) is 82.2 Å². The van der Waals surface area contributed by atoms with E-state index in [0.717, 1.165) is 25.2 Å². The highest BCUT2D eigenvalue weighted by Gasteiger charge is 2.71. The van der Waals surface area contributed by atoms with E-state index in [1.807, 2.05) is 6.92 Å². The topological polar surface area (TPSA) is 37.3 Å². The summed E-state index contributed by atoms with van der Waals surface area (Å²) in [5, 5.41) is 10.7. The number of aliphatic hydroxyl groups excluding tert-OH is 1. The Hall–Kier alpha value is -0.110. The number of hydrogen-bond donors (Lipinski definition) is 1. The van der Waals surface area contributed by atoms with E-state index < -0.39 is 0 Å². The minimum absolute atomic E-state index is 0.0850. The highest BCUT2D eigenvalue weighted by Crippen LogP contribution is 2.79. The average Bonchev–Trinajstić information content (AvgIpc) is 2.92. The minimum Gasteiger partial charge on any atom is -0.393 e. The zero-order valence-corrected chi connectivity index (χ0v) is 18.8. The third kappa shape index (κ3) is 2.32. The van der Waals surface area contributed by atoms with E-state index in [0.29, 0.717) is 29.0 Å². The zero-order chi connectivity index (χ0) is 20.0. The van der Waals surface area contributed by atoms with Gasteiger partial charge in [0, 0.05) is 5.92 Å². The Morgan fingerprint density at radius 3 is 2.30 bits per heavy atom. The third-order valence-corrected chi connectivity index (χ3v) is 11.5. The second-order valence-corrected chi connectivity index (χ2v) is 12.3. The van der Waals surface area contributed by atoms with Gasteiger partial charge in [0.15, 0.2) is 0 Å². The van der Waals surface area contributed by atoms with Crippen molar-refractivity contribution in [2.24, 2.45) is 40.4 Å². The summed E-state index contributed by atoms with van der Waals surface area (Å²) < 4.78 is 0. The number of carbonyl (C=O) groups is 1. The minimum atomic E-state index is -0.0850. The molecule has 0 heterocycles. The lowest BCUT2D eigenvalue weighted by Gasteiger charge is -2.73. The Morgan fingerprint density at radius 2 is 1.67 bits per heavy atom. The van der Waals surface area contributed by atoms with Gasteiger partial charge in [-0.25, -0.2) is 0 Å². The molecule has 4 aliphatic carbocycles. The van der Waals surface area contributed by atoms with E-state index in [1.54, 1.807) is 0 Å². The molecular formula is C21H38B4O2. The summed E-state index contributed by atoms with van der Waals surface area (Å²) in [7, 11) is 10.0. The van der Waals surface area contributed by atoms with Gasteiger partial charge in [-0.3, -0.25) is 4.79 Å². The van der Waals surface area contributed by atoms with E-state index in [4.69, 9.17) is 0 Å². The predicted octanol–water partition coefficient (Wildman–Crippen LogP) is 0.580. The van der Waals surface area contributed by atoms with E-state index in [-0.39, 0.29) is 27.9 Å². The Morgan fingerprint density at radius 1 is 1.00 bits per heavy atom. The number of carbonyl (C=O) groups excluding carboxylic acids is 1. The van der Waals surface area contributed by atoms with Gasteiger partial charge in [0.2, 0.25) is 0 Å². The highest BCUT2D eigenvalue weighted by molar-refractivity contribution is 6.55. The van der Waals surface area contributed by atoms with Crippen molar-refractivity contribution in [1.29, 1.82) is 0 Å². The molecule has 2 nitrogen and oxygen atoms in total. The van der Waals surface area contributed by atoms with E-state index in [2.05, 4.69) is 45.2 Å². The van der Waals surface area contributed by atoms with Crippen LogP contribution in [0.2, 0.25) is 10.4 Å². The van der Waals surface area contributed by atoms with Gasteiger partial charge in [-0.05, 0) is 86.4 Å². The van der Waals surface area contributed by atoms with Crippen molar-refractivity contribution in [1.82, 2.24) is 0 Å². The van der Waals surface area contributed by atoms with Crippen LogP contribution in [0.15, 0.2) is 0 Å². The molecule has 6 heteroatoms. The second-order valence-electron chi connectivity index (χ2n) is 12.3. The zero-order valence-electron chi connectivity index (χ0n) is 18.8. The van der Waals surface area contributed by atoms with Crippen LogP contribution in [0.5, 0.6) is 0 Å². The van der Waals surface area contributed by atoms with Crippen molar-refractivity contribution in [3.63, 3.8) is 0 Å². The van der Waals surface area contributed by atoms with Crippen molar-refractivity contribution in [3.05, 3.63) is 0 Å². The van der Waals surface area contributed by atoms with Gasteiger partial charge in [0.05, 0.1) is 37.5 Å². The van der Waals surface area contributed by atoms with Gasteiger partial charge in [-0.2, -0.15) is 0 Å². The molecule has 4 fully saturated rings. The number of aliphatic hydroxyl groups is 1. The molecule has 0 aliphatic heterocycles. The molecule has 0 amide bonds. The SMILES string of the molecule is BC1(B)[C@H]2[C@@H](CC[C@@H]3C[C@H](O)CC[C@@]32C)[C@@H]2CC[C@H](C(C)=O)[C@@]2(C)C1(B)B. The molecule has 4 aliphatic rings. The largest absolute Gasteiger partial charge is 0.393 e. The maximum absolute atomic E-state index is 12.7. The molecule has 27 heavy (non-hydrogen) atoms. The van der Waals surface area contributed by atoms with Crippen molar-refractivity contribution in [3.8, 4) is 0 Å². The van der Waals surface area contributed by atoms with Crippen LogP contribution in [-0.2, 0) is 4.79 Å². The maximum Gasteiger partial charge on any atom is 0.133 e. The van der Waals surface area contributed by atoms with Crippen LogP contribution in [0, 0.1) is 40.4 Å². The molecule has 0 spiro atoms. The first kappa shape index (κ1) is 20.2. The molecule has 0 aromatic carbocycles. The quantitative estimate of drug-likeness (QED) is 0.690. The molecule has 1 N–H and O–H groups in total. The molecule has 146 valence electrons. The standard InChI is InChI=1S/C21H38B4O2/c1-11(26)15-6-7-16-14-5-4-12-10-13(27)8-9-18(12,2)17(14)20(22,23)21(24,25)19(15,16)3/h12-17,27H,4-10,22-25H2,1-3H3/t12-,13-,14+,15-,16+,17+,18+,19-/m1/s1. The van der Waals surface area contributed by atoms with Crippen LogP contribution < -0.4 is 0 Å². The fourth-order valence-electron chi connectivity index (χ4n) is 9.57. The normalized spacial score (nSPS) is 53.0. The third-order valence-electron chi connectivity index (χ3n) is 11.5.